The van der Waals surface area contributed by atoms with E-state index in [1.807, 2.05) is 18.2 Å². The Labute approximate surface area is 260 Å². The van der Waals surface area contributed by atoms with E-state index in [1.165, 1.54) is 28.8 Å². The van der Waals surface area contributed by atoms with E-state index in [1.54, 1.807) is 48.5 Å². The number of carbonyl (C=O) groups excluding carboxylic acids is 2. The zero-order chi connectivity index (χ0) is 30.7. The summed E-state index contributed by atoms with van der Waals surface area (Å²) in [5.74, 6) is -2.63. The van der Waals surface area contributed by atoms with Gasteiger partial charge in [-0.15, -0.1) is 10.2 Å². The second-order valence-corrected chi connectivity index (χ2v) is 12.3. The third-order valence-corrected chi connectivity index (χ3v) is 8.76. The highest BCUT2D eigenvalue weighted by atomic mass is 79.9. The van der Waals surface area contributed by atoms with Gasteiger partial charge in [-0.2, -0.15) is 0 Å². The molecular weight excluding hydrogens is 661 g/mol. The van der Waals surface area contributed by atoms with Crippen LogP contribution in [0.5, 0.6) is 0 Å². The van der Waals surface area contributed by atoms with Gasteiger partial charge in [0.25, 0.3) is 11.9 Å². The predicted octanol–water partition coefficient (Wildman–Crippen LogP) is 7.35. The van der Waals surface area contributed by atoms with Crippen molar-refractivity contribution in [3.05, 3.63) is 117 Å². The summed E-state index contributed by atoms with van der Waals surface area (Å²) in [5.41, 5.74) is 1.92. The first-order chi connectivity index (χ1) is 20.6. The lowest BCUT2D eigenvalue weighted by atomic mass is 9.95. The third kappa shape index (κ3) is 6.69. The fourth-order valence-corrected chi connectivity index (χ4v) is 6.58. The lowest BCUT2D eigenvalue weighted by molar-refractivity contribution is -0.134. The third-order valence-electron chi connectivity index (χ3n) is 6.14. The molecule has 3 heterocycles. The Balaban J connectivity index is 0.000000868. The second-order valence-electron chi connectivity index (χ2n) is 9.16. The molecule has 6 rings (SSSR count). The zero-order valence-corrected chi connectivity index (χ0v) is 25.5. The minimum Gasteiger partial charge on any atom is -0.503 e. The van der Waals surface area contributed by atoms with Gasteiger partial charge in [-0.05, 0) is 47.5 Å². The number of ketones is 1. The summed E-state index contributed by atoms with van der Waals surface area (Å²) in [5, 5.41) is 27.8. The van der Waals surface area contributed by atoms with Gasteiger partial charge in [0.15, 0.2) is 15.9 Å². The van der Waals surface area contributed by atoms with Crippen molar-refractivity contribution in [2.45, 2.75) is 23.1 Å². The fourth-order valence-electron chi connectivity index (χ4n) is 4.34. The van der Waals surface area contributed by atoms with Crippen LogP contribution in [0, 0.1) is 5.82 Å². The van der Waals surface area contributed by atoms with Crippen LogP contribution in [0.25, 0.3) is 11.0 Å². The average molecular weight is 683 g/mol. The minimum atomic E-state index is -0.960. The molecule has 3 aromatic carbocycles. The van der Waals surface area contributed by atoms with Crippen molar-refractivity contribution in [2.75, 3.05) is 4.90 Å². The monoisotopic (exact) mass is 681 g/mol. The molecule has 13 heteroatoms. The highest BCUT2D eigenvalue weighted by Crippen LogP contribution is 2.44. The standard InChI is InChI=1S/C28H17BrFN3O4S2.C2H4O2/c29-18-6-3-5-17(12-18)23-22(24(34)21-13-16-4-1-2-7-20(16)37-21)25(35)26(36)33(23)27-31-32-28(39-27)38-14-15-8-10-19(30)11-9-15;1-2(3)4/h1-13,23,35H,14H2;1H3,(H,3,4). The lowest BCUT2D eigenvalue weighted by Crippen LogP contribution is -2.31. The first-order valence-corrected chi connectivity index (χ1v) is 15.2. The first kappa shape index (κ1) is 30.1. The molecule has 0 aliphatic carbocycles. The maximum absolute atomic E-state index is 13.7. The molecule has 218 valence electrons. The van der Waals surface area contributed by atoms with Crippen molar-refractivity contribution < 1.29 is 33.4 Å². The summed E-state index contributed by atoms with van der Waals surface area (Å²) < 4.78 is 20.3. The van der Waals surface area contributed by atoms with Gasteiger partial charge in [0.1, 0.15) is 11.4 Å². The molecule has 0 saturated carbocycles. The number of para-hydroxylation sites is 1. The van der Waals surface area contributed by atoms with Crippen LogP contribution in [0.2, 0.25) is 0 Å². The van der Waals surface area contributed by atoms with Crippen molar-refractivity contribution in [3.8, 4) is 0 Å². The van der Waals surface area contributed by atoms with E-state index in [-0.39, 0.29) is 22.3 Å². The van der Waals surface area contributed by atoms with Crippen LogP contribution in [0.4, 0.5) is 9.52 Å². The summed E-state index contributed by atoms with van der Waals surface area (Å²) in [4.78, 5) is 37.5. The van der Waals surface area contributed by atoms with E-state index in [2.05, 4.69) is 26.1 Å². The Bertz CT molecular complexity index is 1830. The van der Waals surface area contributed by atoms with Crippen LogP contribution in [0.3, 0.4) is 0 Å². The van der Waals surface area contributed by atoms with Gasteiger partial charge < -0.3 is 14.6 Å². The van der Waals surface area contributed by atoms with Gasteiger partial charge in [0.2, 0.25) is 10.9 Å². The zero-order valence-electron chi connectivity index (χ0n) is 22.2. The largest absolute Gasteiger partial charge is 0.503 e. The number of Topliss-reactive ketones (excluding diaryl/α,β-unsaturated/α-hetero) is 1. The number of aliphatic hydroxyl groups excluding tert-OH is 1. The topological polar surface area (TPSA) is 134 Å². The minimum absolute atomic E-state index is 0.0141. The van der Waals surface area contributed by atoms with Crippen molar-refractivity contribution in [2.24, 2.45) is 0 Å². The normalized spacial score (nSPS) is 14.6. The molecule has 1 atom stereocenters. The number of hydrogen-bond donors (Lipinski definition) is 2. The molecule has 1 amide bonds. The average Bonchev–Trinajstić information content (AvgIpc) is 3.69. The number of carbonyl (C=O) groups is 3. The van der Waals surface area contributed by atoms with Crippen LogP contribution < -0.4 is 4.90 Å². The van der Waals surface area contributed by atoms with Gasteiger partial charge in [-0.3, -0.25) is 19.3 Å². The molecule has 2 N–H and O–H groups in total. The Hall–Kier alpha value is -4.33. The number of furan rings is 1. The quantitative estimate of drug-likeness (QED) is 0.103. The molecule has 0 saturated heterocycles. The number of fused-ring (bicyclic) bond motifs is 1. The number of carboxylic acids is 1. The summed E-state index contributed by atoms with van der Waals surface area (Å²) >= 11 is 6.00. The number of aromatic nitrogens is 2. The number of rotatable bonds is 7. The molecule has 9 nitrogen and oxygen atoms in total. The number of benzene rings is 3. The van der Waals surface area contributed by atoms with Crippen LogP contribution in [-0.2, 0) is 15.3 Å². The van der Waals surface area contributed by atoms with Crippen molar-refractivity contribution in [1.82, 2.24) is 10.2 Å². The van der Waals surface area contributed by atoms with Crippen LogP contribution in [0.1, 0.15) is 34.6 Å². The van der Waals surface area contributed by atoms with E-state index in [0.717, 1.165) is 33.7 Å². The smallest absolute Gasteiger partial charge is 0.300 e. The van der Waals surface area contributed by atoms with Crippen molar-refractivity contribution >= 4 is 72.8 Å². The van der Waals surface area contributed by atoms with Crippen molar-refractivity contribution in [3.63, 3.8) is 0 Å². The number of anilines is 1. The maximum atomic E-state index is 13.7. The summed E-state index contributed by atoms with van der Waals surface area (Å²) in [6, 6.07) is 21.1. The number of amides is 1. The van der Waals surface area contributed by atoms with Gasteiger partial charge in [-0.25, -0.2) is 4.39 Å². The highest BCUT2D eigenvalue weighted by Gasteiger charge is 2.46. The first-order valence-electron chi connectivity index (χ1n) is 12.6. The van der Waals surface area contributed by atoms with Crippen LogP contribution in [0.15, 0.2) is 103 Å². The number of carboxylic acid groups (broad SMARTS) is 1. The molecule has 2 aromatic heterocycles. The number of thioether (sulfide) groups is 1. The molecule has 43 heavy (non-hydrogen) atoms. The summed E-state index contributed by atoms with van der Waals surface area (Å²) in [6.07, 6.45) is 0. The molecule has 0 spiro atoms. The van der Waals surface area contributed by atoms with Crippen LogP contribution in [-0.4, -0.2) is 38.1 Å². The molecule has 1 unspecified atom stereocenters. The number of halogens is 2. The molecule has 1 aliphatic rings. The van der Waals surface area contributed by atoms with E-state index >= 15 is 0 Å². The molecular formula is C30H21BrFN3O6S2. The van der Waals surface area contributed by atoms with E-state index in [0.29, 0.717) is 21.2 Å². The summed E-state index contributed by atoms with van der Waals surface area (Å²) in [7, 11) is 0. The Morgan fingerprint density at radius 3 is 2.49 bits per heavy atom. The Kier molecular flexibility index (Phi) is 9.04. The number of hydrogen-bond acceptors (Lipinski definition) is 9. The number of aliphatic carboxylic acids is 1. The van der Waals surface area contributed by atoms with Gasteiger partial charge >= 0.3 is 0 Å². The SMILES string of the molecule is CC(=O)O.O=C(C1=C(O)C(=O)N(c2nnc(SCc3ccc(F)cc3)s2)C1c1cccc(Br)c1)c1cc2ccccc2o1. The molecule has 5 aromatic rings. The number of aliphatic hydroxyl groups is 1. The summed E-state index contributed by atoms with van der Waals surface area (Å²) in [6.45, 7) is 1.08. The van der Waals surface area contributed by atoms with Gasteiger partial charge in [-0.1, -0.05) is 81.5 Å². The predicted molar refractivity (Wildman–Crippen MR) is 164 cm³/mol. The second kappa shape index (κ2) is 12.9. The van der Waals surface area contributed by atoms with Gasteiger partial charge in [0, 0.05) is 22.5 Å². The Morgan fingerprint density at radius 1 is 1.07 bits per heavy atom. The van der Waals surface area contributed by atoms with Gasteiger partial charge in [0.05, 0.1) is 11.6 Å². The molecule has 0 radical (unpaired) electrons. The van der Waals surface area contributed by atoms with E-state index in [9.17, 15) is 19.1 Å². The lowest BCUT2D eigenvalue weighted by Gasteiger charge is -2.24. The highest BCUT2D eigenvalue weighted by molar-refractivity contribution is 9.10. The fraction of sp³-hybridized carbons (Fsp3) is 0.100. The maximum Gasteiger partial charge on any atom is 0.300 e. The van der Waals surface area contributed by atoms with Crippen LogP contribution >= 0.6 is 39.0 Å². The van der Waals surface area contributed by atoms with Crippen molar-refractivity contribution in [1.29, 1.82) is 0 Å². The van der Waals surface area contributed by atoms with E-state index < -0.39 is 29.5 Å². The Morgan fingerprint density at radius 2 is 1.79 bits per heavy atom. The van der Waals surface area contributed by atoms with E-state index in [4.69, 9.17) is 14.3 Å². The molecule has 1 aliphatic heterocycles. The number of nitrogens with zero attached hydrogens (tertiary/aromatic N) is 3. The molecule has 0 fully saturated rings. The molecule has 0 bridgehead atoms.